The summed E-state index contributed by atoms with van der Waals surface area (Å²) >= 11 is 0. The summed E-state index contributed by atoms with van der Waals surface area (Å²) in [4.78, 5) is 4.45. The van der Waals surface area contributed by atoms with E-state index < -0.39 is 0 Å². The Balaban J connectivity index is 2.12. The smallest absolute Gasteiger partial charge is 0.187 e. The molecule has 3 rings (SSSR count). The summed E-state index contributed by atoms with van der Waals surface area (Å²) in [6.07, 6.45) is 1.53. The number of benzene rings is 2. The van der Waals surface area contributed by atoms with Gasteiger partial charge < -0.3 is 24.3 Å². The van der Waals surface area contributed by atoms with Crippen LogP contribution in [0, 0.1) is 18.3 Å². The molecule has 0 aliphatic rings. The molecule has 0 aliphatic heterocycles. The number of nitriles is 1. The van der Waals surface area contributed by atoms with Crippen molar-refractivity contribution >= 4 is 22.3 Å². The number of hydrogen-bond acceptors (Lipinski definition) is 7. The molecule has 2 aromatic carbocycles. The molecule has 1 N–H and O–H groups in total. The Morgan fingerprint density at radius 2 is 1.90 bits per heavy atom. The highest BCUT2D eigenvalue weighted by atomic mass is 16.5. The lowest BCUT2D eigenvalue weighted by molar-refractivity contribution is 0.144. The third-order valence-corrected chi connectivity index (χ3v) is 4.53. The van der Waals surface area contributed by atoms with Gasteiger partial charge in [-0.3, -0.25) is 4.98 Å². The minimum absolute atomic E-state index is 0.392. The first-order chi connectivity index (χ1) is 14.1. The second-order valence-electron chi connectivity index (χ2n) is 6.30. The van der Waals surface area contributed by atoms with Crippen molar-refractivity contribution in [2.24, 2.45) is 0 Å². The number of aromatic nitrogens is 1. The Kier molecular flexibility index (Phi) is 6.37. The molecular formula is C22H23N3O4. The largest absolute Gasteiger partial charge is 0.497 e. The van der Waals surface area contributed by atoms with Gasteiger partial charge in [0.2, 0.25) is 0 Å². The Labute approximate surface area is 169 Å². The second kappa shape index (κ2) is 9.13. The van der Waals surface area contributed by atoms with Crippen LogP contribution in [0.3, 0.4) is 0 Å². The van der Waals surface area contributed by atoms with Gasteiger partial charge >= 0.3 is 0 Å². The van der Waals surface area contributed by atoms with Gasteiger partial charge in [-0.05, 0) is 30.7 Å². The molecule has 0 bridgehead atoms. The number of hydrogen-bond donors (Lipinski definition) is 1. The predicted octanol–water partition coefficient (Wildman–Crippen LogP) is 4.20. The third-order valence-electron chi connectivity index (χ3n) is 4.53. The van der Waals surface area contributed by atoms with Crippen LogP contribution in [0.1, 0.15) is 11.1 Å². The van der Waals surface area contributed by atoms with Crippen molar-refractivity contribution in [1.29, 1.82) is 5.26 Å². The van der Waals surface area contributed by atoms with Gasteiger partial charge in [0.15, 0.2) is 11.5 Å². The summed E-state index contributed by atoms with van der Waals surface area (Å²) in [6.45, 7) is 2.84. The predicted molar refractivity (Wildman–Crippen MR) is 111 cm³/mol. The summed E-state index contributed by atoms with van der Waals surface area (Å²) < 4.78 is 21.7. The monoisotopic (exact) mass is 393 g/mol. The number of methoxy groups -OCH3 is 3. The highest BCUT2D eigenvalue weighted by molar-refractivity contribution is 6.00. The van der Waals surface area contributed by atoms with Crippen molar-refractivity contribution < 1.29 is 18.9 Å². The molecule has 150 valence electrons. The van der Waals surface area contributed by atoms with Crippen LogP contribution in [0.25, 0.3) is 10.9 Å². The lowest BCUT2D eigenvalue weighted by Crippen LogP contribution is -2.06. The molecule has 3 aromatic rings. The van der Waals surface area contributed by atoms with Crippen LogP contribution in [-0.2, 0) is 4.74 Å². The molecule has 0 fully saturated rings. The molecule has 0 aliphatic carbocycles. The molecule has 0 saturated carbocycles. The first-order valence-corrected chi connectivity index (χ1v) is 9.06. The normalized spacial score (nSPS) is 10.4. The highest BCUT2D eigenvalue weighted by Gasteiger charge is 2.17. The number of aryl methyl sites for hydroxylation is 1. The van der Waals surface area contributed by atoms with Crippen LogP contribution in [0.15, 0.2) is 36.5 Å². The Morgan fingerprint density at radius 3 is 2.59 bits per heavy atom. The van der Waals surface area contributed by atoms with Gasteiger partial charge in [-0.15, -0.1) is 0 Å². The van der Waals surface area contributed by atoms with E-state index in [1.165, 1.54) is 6.20 Å². The molecule has 0 spiro atoms. The van der Waals surface area contributed by atoms with E-state index in [4.69, 9.17) is 18.9 Å². The van der Waals surface area contributed by atoms with E-state index in [1.54, 1.807) is 21.3 Å². The van der Waals surface area contributed by atoms with Crippen molar-refractivity contribution in [3.8, 4) is 23.3 Å². The lowest BCUT2D eigenvalue weighted by Gasteiger charge is -2.17. The van der Waals surface area contributed by atoms with E-state index in [0.29, 0.717) is 41.5 Å². The number of fused-ring (bicyclic) bond motifs is 1. The van der Waals surface area contributed by atoms with E-state index in [1.807, 2.05) is 37.3 Å². The Hall–Kier alpha value is -3.50. The van der Waals surface area contributed by atoms with E-state index in [2.05, 4.69) is 16.4 Å². The topological polar surface area (TPSA) is 85.6 Å². The zero-order valence-corrected chi connectivity index (χ0v) is 16.9. The number of anilines is 2. The van der Waals surface area contributed by atoms with E-state index in [-0.39, 0.29) is 0 Å². The van der Waals surface area contributed by atoms with Crippen molar-refractivity contribution in [2.45, 2.75) is 6.92 Å². The SMILES string of the molecule is COCCOc1ccc2c(Nc3cc(OC)ccc3C)c(C#N)cnc2c1OC. The number of ether oxygens (including phenoxy) is 4. The zero-order chi connectivity index (χ0) is 20.8. The number of nitrogens with one attached hydrogen (secondary N) is 1. The third kappa shape index (κ3) is 4.18. The quantitative estimate of drug-likeness (QED) is 0.574. The molecular weight excluding hydrogens is 370 g/mol. The van der Waals surface area contributed by atoms with E-state index in [9.17, 15) is 5.26 Å². The fraction of sp³-hybridized carbons (Fsp3) is 0.273. The Bertz CT molecular complexity index is 1060. The number of rotatable bonds is 8. The average molecular weight is 393 g/mol. The molecule has 0 amide bonds. The summed E-state index contributed by atoms with van der Waals surface area (Å²) in [5, 5.41) is 13.8. The Morgan fingerprint density at radius 1 is 1.07 bits per heavy atom. The van der Waals surface area contributed by atoms with Crippen LogP contribution >= 0.6 is 0 Å². The first-order valence-electron chi connectivity index (χ1n) is 9.06. The van der Waals surface area contributed by atoms with Crippen LogP contribution < -0.4 is 19.5 Å². The molecule has 0 unspecified atom stereocenters. The summed E-state index contributed by atoms with van der Waals surface area (Å²) in [5.41, 5.74) is 3.54. The van der Waals surface area contributed by atoms with Gasteiger partial charge in [0.25, 0.3) is 0 Å². The van der Waals surface area contributed by atoms with Crippen molar-refractivity contribution in [1.82, 2.24) is 4.98 Å². The maximum absolute atomic E-state index is 9.63. The molecule has 29 heavy (non-hydrogen) atoms. The molecule has 0 saturated heterocycles. The lowest BCUT2D eigenvalue weighted by atomic mass is 10.1. The van der Waals surface area contributed by atoms with E-state index >= 15 is 0 Å². The van der Waals surface area contributed by atoms with E-state index in [0.717, 1.165) is 22.4 Å². The van der Waals surface area contributed by atoms with Gasteiger partial charge in [0, 0.05) is 30.4 Å². The van der Waals surface area contributed by atoms with Crippen molar-refractivity contribution in [3.63, 3.8) is 0 Å². The van der Waals surface area contributed by atoms with Crippen LogP contribution in [0.4, 0.5) is 11.4 Å². The van der Waals surface area contributed by atoms with Gasteiger partial charge in [-0.1, -0.05) is 6.07 Å². The molecule has 1 heterocycles. The maximum Gasteiger partial charge on any atom is 0.187 e. The van der Waals surface area contributed by atoms with Gasteiger partial charge in [0.1, 0.15) is 23.9 Å². The maximum atomic E-state index is 9.63. The summed E-state index contributed by atoms with van der Waals surface area (Å²) in [7, 11) is 4.80. The molecule has 7 nitrogen and oxygen atoms in total. The van der Waals surface area contributed by atoms with Gasteiger partial charge in [-0.2, -0.15) is 5.26 Å². The molecule has 0 atom stereocenters. The standard InChI is InChI=1S/C22H23N3O4/c1-14-5-6-16(27-3)11-18(14)25-20-15(12-23)13-24-21-17(20)7-8-19(22(21)28-4)29-10-9-26-2/h5-8,11,13H,9-10H2,1-4H3,(H,24,25). The fourth-order valence-corrected chi connectivity index (χ4v) is 2.98. The average Bonchev–Trinajstić information content (AvgIpc) is 2.75. The summed E-state index contributed by atoms with van der Waals surface area (Å²) in [5.74, 6) is 1.80. The van der Waals surface area contributed by atoms with Gasteiger partial charge in [-0.25, -0.2) is 0 Å². The molecule has 7 heteroatoms. The van der Waals surface area contributed by atoms with Crippen molar-refractivity contribution in [3.05, 3.63) is 47.7 Å². The second-order valence-corrected chi connectivity index (χ2v) is 6.30. The first kappa shape index (κ1) is 20.2. The minimum atomic E-state index is 0.392. The zero-order valence-electron chi connectivity index (χ0n) is 16.9. The van der Waals surface area contributed by atoms with Crippen LogP contribution in [0.2, 0.25) is 0 Å². The van der Waals surface area contributed by atoms with Gasteiger partial charge in [0.05, 0.1) is 32.1 Å². The van der Waals surface area contributed by atoms with Crippen LogP contribution in [0.5, 0.6) is 17.2 Å². The highest BCUT2D eigenvalue weighted by Crippen LogP contribution is 2.39. The number of pyridine rings is 1. The summed E-state index contributed by atoms with van der Waals surface area (Å²) in [6, 6.07) is 11.6. The molecule has 1 aromatic heterocycles. The fourth-order valence-electron chi connectivity index (χ4n) is 2.98. The molecule has 0 radical (unpaired) electrons. The minimum Gasteiger partial charge on any atom is -0.497 e. The number of nitrogens with zero attached hydrogens (tertiary/aromatic N) is 2. The van der Waals surface area contributed by atoms with Crippen molar-refractivity contribution in [2.75, 3.05) is 39.9 Å². The van der Waals surface area contributed by atoms with Crippen LogP contribution in [-0.4, -0.2) is 39.5 Å².